The average Bonchev–Trinajstić information content (AvgIpc) is 2.46. The smallest absolute Gasteiger partial charge is 0.233 e. The predicted molar refractivity (Wildman–Crippen MR) is 70.2 cm³/mol. The number of nitrogens with one attached hydrogen (secondary N) is 1. The Bertz CT molecular complexity index is 386. The summed E-state index contributed by atoms with van der Waals surface area (Å²) in [6.07, 6.45) is 1.86. The zero-order valence-electron chi connectivity index (χ0n) is 10.5. The molecule has 0 aliphatic carbocycles. The molecule has 1 aromatic rings. The Morgan fingerprint density at radius 1 is 1.28 bits per heavy atom. The van der Waals surface area contributed by atoms with E-state index in [-0.39, 0.29) is 17.9 Å². The SMILES string of the molecule is NCC(=O)NCC1(c2ccccc2)CCOCC1. The van der Waals surface area contributed by atoms with Gasteiger partial charge in [0.2, 0.25) is 5.91 Å². The van der Waals surface area contributed by atoms with Crippen molar-refractivity contribution >= 4 is 5.91 Å². The van der Waals surface area contributed by atoms with Crippen LogP contribution in [0.4, 0.5) is 0 Å². The monoisotopic (exact) mass is 248 g/mol. The van der Waals surface area contributed by atoms with Crippen LogP contribution >= 0.6 is 0 Å². The van der Waals surface area contributed by atoms with Crippen LogP contribution in [-0.2, 0) is 14.9 Å². The Morgan fingerprint density at radius 2 is 1.94 bits per heavy atom. The Hall–Kier alpha value is -1.39. The first-order valence-electron chi connectivity index (χ1n) is 6.37. The van der Waals surface area contributed by atoms with E-state index in [2.05, 4.69) is 17.4 Å². The molecule has 1 aliphatic rings. The van der Waals surface area contributed by atoms with Crippen molar-refractivity contribution < 1.29 is 9.53 Å². The third-order valence-corrected chi connectivity index (χ3v) is 3.65. The molecule has 18 heavy (non-hydrogen) atoms. The van der Waals surface area contributed by atoms with Crippen molar-refractivity contribution in [1.82, 2.24) is 5.32 Å². The number of amides is 1. The molecule has 0 atom stereocenters. The molecule has 4 heteroatoms. The minimum absolute atomic E-state index is 0.00958. The van der Waals surface area contributed by atoms with Gasteiger partial charge in [-0.3, -0.25) is 4.79 Å². The van der Waals surface area contributed by atoms with Gasteiger partial charge in [-0.25, -0.2) is 0 Å². The van der Waals surface area contributed by atoms with E-state index >= 15 is 0 Å². The van der Waals surface area contributed by atoms with Crippen molar-refractivity contribution in [2.75, 3.05) is 26.3 Å². The highest BCUT2D eigenvalue weighted by atomic mass is 16.5. The van der Waals surface area contributed by atoms with Gasteiger partial charge in [0, 0.05) is 25.2 Å². The Labute approximate surface area is 108 Å². The maximum Gasteiger partial charge on any atom is 0.233 e. The molecule has 1 fully saturated rings. The van der Waals surface area contributed by atoms with Gasteiger partial charge in [-0.05, 0) is 18.4 Å². The highest BCUT2D eigenvalue weighted by Gasteiger charge is 2.34. The van der Waals surface area contributed by atoms with Crippen LogP contribution in [0.1, 0.15) is 18.4 Å². The Balaban J connectivity index is 2.15. The molecule has 1 saturated heterocycles. The summed E-state index contributed by atoms with van der Waals surface area (Å²) in [7, 11) is 0. The fourth-order valence-electron chi connectivity index (χ4n) is 2.46. The molecular weight excluding hydrogens is 228 g/mol. The van der Waals surface area contributed by atoms with Gasteiger partial charge in [-0.1, -0.05) is 30.3 Å². The summed E-state index contributed by atoms with van der Waals surface area (Å²) in [4.78, 5) is 11.4. The van der Waals surface area contributed by atoms with Gasteiger partial charge in [0.1, 0.15) is 0 Å². The lowest BCUT2D eigenvalue weighted by atomic mass is 9.74. The normalized spacial score (nSPS) is 18.3. The topological polar surface area (TPSA) is 64.4 Å². The number of carbonyl (C=O) groups is 1. The fourth-order valence-corrected chi connectivity index (χ4v) is 2.46. The van der Waals surface area contributed by atoms with E-state index in [1.807, 2.05) is 18.2 Å². The maximum atomic E-state index is 11.4. The van der Waals surface area contributed by atoms with Gasteiger partial charge < -0.3 is 15.8 Å². The third-order valence-electron chi connectivity index (χ3n) is 3.65. The quantitative estimate of drug-likeness (QED) is 0.828. The van der Waals surface area contributed by atoms with Gasteiger partial charge >= 0.3 is 0 Å². The van der Waals surface area contributed by atoms with Crippen LogP contribution in [0.15, 0.2) is 30.3 Å². The lowest BCUT2D eigenvalue weighted by Crippen LogP contribution is -2.45. The number of hydrogen-bond acceptors (Lipinski definition) is 3. The van der Waals surface area contributed by atoms with E-state index in [0.717, 1.165) is 26.1 Å². The minimum atomic E-state index is -0.100. The molecule has 98 valence electrons. The van der Waals surface area contributed by atoms with Crippen molar-refractivity contribution in [2.45, 2.75) is 18.3 Å². The molecule has 3 N–H and O–H groups in total. The first kappa shape index (κ1) is 13.1. The number of hydrogen-bond donors (Lipinski definition) is 2. The summed E-state index contributed by atoms with van der Waals surface area (Å²) < 4.78 is 5.44. The first-order valence-corrected chi connectivity index (χ1v) is 6.37. The molecule has 1 aromatic carbocycles. The van der Waals surface area contributed by atoms with Crippen LogP contribution in [0.3, 0.4) is 0 Å². The molecule has 0 saturated carbocycles. The van der Waals surface area contributed by atoms with Crippen molar-refractivity contribution in [3.8, 4) is 0 Å². The van der Waals surface area contributed by atoms with Crippen molar-refractivity contribution in [3.63, 3.8) is 0 Å². The van der Waals surface area contributed by atoms with Gasteiger partial charge in [0.05, 0.1) is 6.54 Å². The van der Waals surface area contributed by atoms with Crippen molar-refractivity contribution in [1.29, 1.82) is 0 Å². The Kier molecular flexibility index (Phi) is 4.33. The van der Waals surface area contributed by atoms with Crippen molar-refractivity contribution in [2.24, 2.45) is 5.73 Å². The van der Waals surface area contributed by atoms with E-state index in [4.69, 9.17) is 10.5 Å². The standard InChI is InChI=1S/C14H20N2O2/c15-10-13(17)16-11-14(6-8-18-9-7-14)12-4-2-1-3-5-12/h1-5H,6-11,15H2,(H,16,17). The largest absolute Gasteiger partial charge is 0.381 e. The zero-order chi connectivity index (χ0) is 12.8. The second kappa shape index (κ2) is 5.98. The molecular formula is C14H20N2O2. The first-order chi connectivity index (χ1) is 8.77. The van der Waals surface area contributed by atoms with E-state index in [1.165, 1.54) is 5.56 Å². The fraction of sp³-hybridized carbons (Fsp3) is 0.500. The van der Waals surface area contributed by atoms with Gasteiger partial charge in [0.15, 0.2) is 0 Å². The highest BCUT2D eigenvalue weighted by Crippen LogP contribution is 2.34. The molecule has 0 unspecified atom stereocenters. The maximum absolute atomic E-state index is 11.4. The number of carbonyl (C=O) groups excluding carboxylic acids is 1. The van der Waals surface area contributed by atoms with Crippen LogP contribution in [0.5, 0.6) is 0 Å². The number of benzene rings is 1. The predicted octanol–water partition coefficient (Wildman–Crippen LogP) is 0.810. The second-order valence-electron chi connectivity index (χ2n) is 4.74. The lowest BCUT2D eigenvalue weighted by molar-refractivity contribution is -0.120. The molecule has 1 amide bonds. The third kappa shape index (κ3) is 2.89. The number of rotatable bonds is 4. The van der Waals surface area contributed by atoms with Crippen molar-refractivity contribution in [3.05, 3.63) is 35.9 Å². The van der Waals surface area contributed by atoms with Crippen LogP contribution in [0.2, 0.25) is 0 Å². The zero-order valence-corrected chi connectivity index (χ0v) is 10.5. The Morgan fingerprint density at radius 3 is 2.56 bits per heavy atom. The minimum Gasteiger partial charge on any atom is -0.381 e. The summed E-state index contributed by atoms with van der Waals surface area (Å²) in [5.41, 5.74) is 6.59. The molecule has 4 nitrogen and oxygen atoms in total. The summed E-state index contributed by atoms with van der Waals surface area (Å²) in [5, 5.41) is 2.92. The van der Waals surface area contributed by atoms with Crippen LogP contribution < -0.4 is 11.1 Å². The van der Waals surface area contributed by atoms with E-state index in [0.29, 0.717) is 6.54 Å². The molecule has 0 radical (unpaired) electrons. The summed E-state index contributed by atoms with van der Waals surface area (Å²) in [6, 6.07) is 10.3. The second-order valence-corrected chi connectivity index (χ2v) is 4.74. The molecule has 0 aromatic heterocycles. The van der Waals surface area contributed by atoms with Gasteiger partial charge in [-0.15, -0.1) is 0 Å². The number of nitrogens with two attached hydrogens (primary N) is 1. The summed E-state index contributed by atoms with van der Waals surface area (Å²) in [5.74, 6) is -0.100. The highest BCUT2D eigenvalue weighted by molar-refractivity contribution is 5.77. The average molecular weight is 248 g/mol. The lowest BCUT2D eigenvalue weighted by Gasteiger charge is -2.38. The molecule has 1 aliphatic heterocycles. The van der Waals surface area contributed by atoms with E-state index in [9.17, 15) is 4.79 Å². The van der Waals surface area contributed by atoms with Gasteiger partial charge in [0.25, 0.3) is 0 Å². The summed E-state index contributed by atoms with van der Waals surface area (Å²) in [6.45, 7) is 2.17. The molecule has 2 rings (SSSR count). The molecule has 1 heterocycles. The van der Waals surface area contributed by atoms with Gasteiger partial charge in [-0.2, -0.15) is 0 Å². The molecule has 0 bridgehead atoms. The van der Waals surface area contributed by atoms with Crippen LogP contribution in [0.25, 0.3) is 0 Å². The summed E-state index contributed by atoms with van der Waals surface area (Å²) >= 11 is 0. The van der Waals surface area contributed by atoms with Crippen LogP contribution in [-0.4, -0.2) is 32.2 Å². The molecule has 0 spiro atoms. The van der Waals surface area contributed by atoms with E-state index in [1.54, 1.807) is 0 Å². The van der Waals surface area contributed by atoms with E-state index < -0.39 is 0 Å². The van der Waals surface area contributed by atoms with Crippen LogP contribution in [0, 0.1) is 0 Å². The number of ether oxygens (including phenoxy) is 1.